The first-order valence-corrected chi connectivity index (χ1v) is 11.3. The summed E-state index contributed by atoms with van der Waals surface area (Å²) < 4.78 is 19.0. The van der Waals surface area contributed by atoms with E-state index < -0.39 is 35.3 Å². The Balaban J connectivity index is 1.76. The Morgan fingerprint density at radius 2 is 1.94 bits per heavy atom. The van der Waals surface area contributed by atoms with Crippen molar-refractivity contribution in [3.05, 3.63) is 70.2 Å². The molecule has 1 atom stereocenters. The molecular formula is C23H18ClFN2O5S. The molecule has 2 heterocycles. The van der Waals surface area contributed by atoms with Crippen LogP contribution >= 0.6 is 22.9 Å². The van der Waals surface area contributed by atoms with Crippen LogP contribution in [-0.4, -0.2) is 34.4 Å². The molecule has 4 rings (SSSR count). The van der Waals surface area contributed by atoms with Gasteiger partial charge in [-0.15, -0.1) is 0 Å². The van der Waals surface area contributed by atoms with Crippen molar-refractivity contribution in [2.75, 3.05) is 11.5 Å². The van der Waals surface area contributed by atoms with Gasteiger partial charge in [0.2, 0.25) is 0 Å². The molecule has 0 radical (unpaired) electrons. The average molecular weight is 489 g/mol. The van der Waals surface area contributed by atoms with Crippen LogP contribution in [0.2, 0.25) is 5.02 Å². The molecule has 0 aliphatic carbocycles. The summed E-state index contributed by atoms with van der Waals surface area (Å²) in [4.78, 5) is 43.5. The summed E-state index contributed by atoms with van der Waals surface area (Å²) in [5.74, 6) is -3.09. The number of rotatable bonds is 7. The number of thiazole rings is 1. The number of esters is 1. The van der Waals surface area contributed by atoms with Crippen molar-refractivity contribution in [1.82, 2.24) is 4.98 Å². The summed E-state index contributed by atoms with van der Waals surface area (Å²) >= 11 is 7.06. The summed E-state index contributed by atoms with van der Waals surface area (Å²) in [5, 5.41) is 11.3. The molecule has 7 nitrogen and oxygen atoms in total. The molecule has 1 aliphatic heterocycles. The Morgan fingerprint density at radius 1 is 1.21 bits per heavy atom. The topological polar surface area (TPSA) is 96.8 Å². The number of carbonyl (C=O) groups is 3. The number of aliphatic hydroxyl groups excluding tert-OH is 1. The van der Waals surface area contributed by atoms with Crippen LogP contribution in [0.25, 0.3) is 10.2 Å². The van der Waals surface area contributed by atoms with Gasteiger partial charge in [0.1, 0.15) is 5.82 Å². The number of amides is 1. The van der Waals surface area contributed by atoms with E-state index in [2.05, 4.69) is 4.98 Å². The third-order valence-corrected chi connectivity index (χ3v) is 6.37. The van der Waals surface area contributed by atoms with Gasteiger partial charge in [0.15, 0.2) is 16.7 Å². The van der Waals surface area contributed by atoms with Crippen molar-refractivity contribution >= 4 is 55.9 Å². The number of nitrogens with zero attached hydrogens (tertiary/aromatic N) is 2. The summed E-state index contributed by atoms with van der Waals surface area (Å²) in [6.07, 6.45) is -0.431. The molecule has 1 unspecified atom stereocenters. The van der Waals surface area contributed by atoms with Crippen molar-refractivity contribution in [1.29, 1.82) is 0 Å². The zero-order valence-electron chi connectivity index (χ0n) is 17.4. The van der Waals surface area contributed by atoms with Crippen LogP contribution in [0.3, 0.4) is 0 Å². The Hall–Kier alpha value is -3.30. The van der Waals surface area contributed by atoms with Crippen molar-refractivity contribution in [2.24, 2.45) is 0 Å². The van der Waals surface area contributed by atoms with Crippen molar-refractivity contribution in [3.63, 3.8) is 0 Å². The third kappa shape index (κ3) is 4.46. The minimum atomic E-state index is -0.991. The highest BCUT2D eigenvalue weighted by atomic mass is 35.5. The maximum Gasteiger partial charge on any atom is 0.306 e. The molecule has 0 bridgehead atoms. The van der Waals surface area contributed by atoms with Crippen LogP contribution in [0.1, 0.15) is 31.4 Å². The van der Waals surface area contributed by atoms with Gasteiger partial charge < -0.3 is 9.84 Å². The molecule has 10 heteroatoms. The average Bonchev–Trinajstić information content (AvgIpc) is 3.31. The first-order valence-electron chi connectivity index (χ1n) is 10.1. The zero-order chi connectivity index (χ0) is 23.7. The Labute approximate surface area is 197 Å². The lowest BCUT2D eigenvalue weighted by Crippen LogP contribution is -2.31. The second-order valence-corrected chi connectivity index (χ2v) is 8.67. The van der Waals surface area contributed by atoms with E-state index in [9.17, 15) is 23.9 Å². The van der Waals surface area contributed by atoms with E-state index in [0.717, 1.165) is 11.3 Å². The van der Waals surface area contributed by atoms with Gasteiger partial charge in [0.25, 0.3) is 5.91 Å². The number of halogens is 2. The molecule has 1 N–H and O–H groups in total. The summed E-state index contributed by atoms with van der Waals surface area (Å²) in [5.41, 5.74) is 0.847. The van der Waals surface area contributed by atoms with E-state index in [4.69, 9.17) is 16.3 Å². The molecule has 3 aromatic rings. The first-order chi connectivity index (χ1) is 15.8. The van der Waals surface area contributed by atoms with Gasteiger partial charge in [0.05, 0.1) is 34.9 Å². The van der Waals surface area contributed by atoms with E-state index in [0.29, 0.717) is 20.8 Å². The number of fused-ring (bicyclic) bond motifs is 1. The zero-order valence-corrected chi connectivity index (χ0v) is 19.0. The van der Waals surface area contributed by atoms with Gasteiger partial charge in [0, 0.05) is 11.4 Å². The maximum atomic E-state index is 13.7. The molecule has 1 amide bonds. The van der Waals surface area contributed by atoms with Crippen molar-refractivity contribution < 1.29 is 28.6 Å². The van der Waals surface area contributed by atoms with Crippen LogP contribution in [0, 0.1) is 5.82 Å². The normalized spacial score (nSPS) is 16.0. The lowest BCUT2D eigenvalue weighted by molar-refractivity contribution is -0.144. The molecule has 0 saturated heterocycles. The molecule has 0 spiro atoms. The number of aliphatic hydroxyl groups is 1. The largest absolute Gasteiger partial charge is 0.503 e. The Morgan fingerprint density at radius 3 is 2.64 bits per heavy atom. The lowest BCUT2D eigenvalue weighted by atomic mass is 9.94. The van der Waals surface area contributed by atoms with E-state index >= 15 is 0 Å². The molecule has 33 heavy (non-hydrogen) atoms. The lowest BCUT2D eigenvalue weighted by Gasteiger charge is -2.24. The van der Waals surface area contributed by atoms with Gasteiger partial charge >= 0.3 is 5.97 Å². The smallest absolute Gasteiger partial charge is 0.306 e. The molecule has 1 aliphatic rings. The van der Waals surface area contributed by atoms with E-state index in [-0.39, 0.29) is 30.2 Å². The van der Waals surface area contributed by atoms with Crippen LogP contribution in [0.5, 0.6) is 0 Å². The summed E-state index contributed by atoms with van der Waals surface area (Å²) in [6.45, 7) is 1.83. The maximum absolute atomic E-state index is 13.7. The fourth-order valence-corrected chi connectivity index (χ4v) is 4.76. The Kier molecular flexibility index (Phi) is 6.44. The SMILES string of the molecule is CCOC(=O)CCC(=O)C1=C(O)C(=O)N(c2nc3ccc(F)cc3s2)C1c1ccc(Cl)cc1. The van der Waals surface area contributed by atoms with Crippen LogP contribution in [0.15, 0.2) is 53.8 Å². The highest BCUT2D eigenvalue weighted by molar-refractivity contribution is 7.22. The second-order valence-electron chi connectivity index (χ2n) is 7.23. The van der Waals surface area contributed by atoms with E-state index in [1.165, 1.54) is 23.1 Å². The Bertz CT molecular complexity index is 1290. The van der Waals surface area contributed by atoms with Crippen LogP contribution < -0.4 is 4.90 Å². The first kappa shape index (κ1) is 22.9. The number of aromatic nitrogens is 1. The summed E-state index contributed by atoms with van der Waals surface area (Å²) in [7, 11) is 0. The highest BCUT2D eigenvalue weighted by Crippen LogP contribution is 2.44. The number of benzene rings is 2. The number of ketones is 1. The fourth-order valence-electron chi connectivity index (χ4n) is 3.62. The number of Topliss-reactive ketones (excluding diaryl/α,β-unsaturated/α-hetero) is 1. The molecule has 170 valence electrons. The van der Waals surface area contributed by atoms with Gasteiger partial charge in [-0.25, -0.2) is 9.37 Å². The minimum Gasteiger partial charge on any atom is -0.503 e. The highest BCUT2D eigenvalue weighted by Gasteiger charge is 2.45. The molecule has 0 saturated carbocycles. The molecule has 1 aromatic heterocycles. The summed E-state index contributed by atoms with van der Waals surface area (Å²) in [6, 6.07) is 9.53. The van der Waals surface area contributed by atoms with E-state index in [1.54, 1.807) is 31.2 Å². The quantitative estimate of drug-likeness (QED) is 0.475. The predicted molar refractivity (Wildman–Crippen MR) is 122 cm³/mol. The van der Waals surface area contributed by atoms with E-state index in [1.807, 2.05) is 0 Å². The van der Waals surface area contributed by atoms with Gasteiger partial charge in [-0.2, -0.15) is 0 Å². The number of anilines is 1. The predicted octanol–water partition coefficient (Wildman–Crippen LogP) is 4.90. The molecule has 0 fully saturated rings. The van der Waals surface area contributed by atoms with Crippen LogP contribution in [0.4, 0.5) is 9.52 Å². The standard InChI is InChI=1S/C23H18ClFN2O5S/c1-2-32-18(29)10-9-16(28)19-20(12-3-5-13(24)6-4-12)27(22(31)21(19)30)23-26-15-8-7-14(25)11-17(15)33-23/h3-8,11,20,30H,2,9-10H2,1H3. The minimum absolute atomic E-state index is 0.142. The number of carbonyl (C=O) groups excluding carboxylic acids is 3. The van der Waals surface area contributed by atoms with Gasteiger partial charge in [-0.1, -0.05) is 35.1 Å². The fraction of sp³-hybridized carbons (Fsp3) is 0.217. The van der Waals surface area contributed by atoms with Crippen LogP contribution in [-0.2, 0) is 19.1 Å². The van der Waals surface area contributed by atoms with Crippen molar-refractivity contribution in [3.8, 4) is 0 Å². The number of ether oxygens (including phenoxy) is 1. The molecular weight excluding hydrogens is 471 g/mol. The van der Waals surface area contributed by atoms with Crippen molar-refractivity contribution in [2.45, 2.75) is 25.8 Å². The second kappa shape index (κ2) is 9.29. The number of hydrogen-bond acceptors (Lipinski definition) is 7. The third-order valence-electron chi connectivity index (χ3n) is 5.10. The van der Waals surface area contributed by atoms with Gasteiger partial charge in [-0.05, 0) is 42.8 Å². The monoisotopic (exact) mass is 488 g/mol. The van der Waals surface area contributed by atoms with Gasteiger partial charge in [-0.3, -0.25) is 19.3 Å². The number of hydrogen-bond donors (Lipinski definition) is 1. The molecule has 2 aromatic carbocycles.